The average Bonchev–Trinajstić information content (AvgIpc) is 3.44. The highest BCUT2D eigenvalue weighted by Crippen LogP contribution is 2.34. The highest BCUT2D eigenvalue weighted by Gasteiger charge is 2.33. The van der Waals surface area contributed by atoms with Gasteiger partial charge in [-0.1, -0.05) is 42.5 Å². The molecule has 0 spiro atoms. The Bertz CT molecular complexity index is 1390. The van der Waals surface area contributed by atoms with E-state index in [2.05, 4.69) is 5.10 Å². The maximum atomic E-state index is 13.2. The van der Waals surface area contributed by atoms with Gasteiger partial charge in [0.25, 0.3) is 5.91 Å². The van der Waals surface area contributed by atoms with Gasteiger partial charge in [-0.25, -0.2) is 5.01 Å². The number of ether oxygens (including phenoxy) is 4. The second kappa shape index (κ2) is 11.8. The van der Waals surface area contributed by atoms with Gasteiger partial charge < -0.3 is 18.9 Å². The highest BCUT2D eigenvalue weighted by atomic mass is 16.6. The van der Waals surface area contributed by atoms with Crippen LogP contribution in [0.2, 0.25) is 0 Å². The van der Waals surface area contributed by atoms with Crippen LogP contribution in [0.5, 0.6) is 17.2 Å². The molecule has 9 nitrogen and oxygen atoms in total. The van der Waals surface area contributed by atoms with Gasteiger partial charge in [-0.05, 0) is 41.5 Å². The molecule has 0 saturated heterocycles. The van der Waals surface area contributed by atoms with Gasteiger partial charge in [-0.15, -0.1) is 0 Å². The van der Waals surface area contributed by atoms with Crippen molar-refractivity contribution in [2.24, 2.45) is 5.10 Å². The first-order chi connectivity index (χ1) is 19.0. The number of Topliss-reactive ketones (excluding diaryl/α,β-unsaturated/α-hetero) is 1. The van der Waals surface area contributed by atoms with Crippen molar-refractivity contribution in [2.45, 2.75) is 25.3 Å². The average molecular weight is 529 g/mol. The number of amides is 1. The van der Waals surface area contributed by atoms with Crippen LogP contribution in [0, 0.1) is 0 Å². The Morgan fingerprint density at radius 1 is 0.923 bits per heavy atom. The van der Waals surface area contributed by atoms with Crippen LogP contribution < -0.4 is 14.2 Å². The van der Waals surface area contributed by atoms with Crippen molar-refractivity contribution in [3.05, 3.63) is 89.5 Å². The molecule has 200 valence electrons. The minimum Gasteiger partial charge on any atom is -0.497 e. The van der Waals surface area contributed by atoms with Crippen LogP contribution in [-0.2, 0) is 14.3 Å². The zero-order valence-electron chi connectivity index (χ0n) is 21.5. The molecular formula is C30H28N2O7. The molecule has 1 amide bonds. The van der Waals surface area contributed by atoms with Crippen LogP contribution in [0.15, 0.2) is 77.9 Å². The van der Waals surface area contributed by atoms with Crippen molar-refractivity contribution in [1.29, 1.82) is 0 Å². The molecular weight excluding hydrogens is 500 g/mol. The van der Waals surface area contributed by atoms with E-state index in [0.717, 1.165) is 16.8 Å². The summed E-state index contributed by atoms with van der Waals surface area (Å²) in [4.78, 5) is 38.1. The molecule has 0 radical (unpaired) electrons. The SMILES string of the molecule is COc1ccc(C2CC(c3ccccc3)=NN2C(=O)COC(=O)CCC(=O)c2ccc3c(c2)OCCO3)cc1. The van der Waals surface area contributed by atoms with Crippen LogP contribution in [0.4, 0.5) is 0 Å². The van der Waals surface area contributed by atoms with E-state index in [1.807, 2.05) is 54.6 Å². The summed E-state index contributed by atoms with van der Waals surface area (Å²) in [6, 6.07) is 21.7. The number of carbonyl (C=O) groups excluding carboxylic acids is 3. The maximum Gasteiger partial charge on any atom is 0.306 e. The molecule has 0 fully saturated rings. The van der Waals surface area contributed by atoms with E-state index < -0.39 is 18.5 Å². The van der Waals surface area contributed by atoms with E-state index in [9.17, 15) is 14.4 Å². The summed E-state index contributed by atoms with van der Waals surface area (Å²) in [5.74, 6) is 0.483. The molecule has 39 heavy (non-hydrogen) atoms. The zero-order valence-corrected chi connectivity index (χ0v) is 21.5. The van der Waals surface area contributed by atoms with Gasteiger partial charge in [-0.2, -0.15) is 5.10 Å². The number of fused-ring (bicyclic) bond motifs is 1. The fourth-order valence-electron chi connectivity index (χ4n) is 4.49. The fraction of sp³-hybridized carbons (Fsp3) is 0.267. The second-order valence-electron chi connectivity index (χ2n) is 9.09. The lowest BCUT2D eigenvalue weighted by Gasteiger charge is -2.22. The Hall–Kier alpha value is -4.66. The van der Waals surface area contributed by atoms with Crippen molar-refractivity contribution in [1.82, 2.24) is 5.01 Å². The molecule has 9 heteroatoms. The van der Waals surface area contributed by atoms with Gasteiger partial charge in [0.15, 0.2) is 23.9 Å². The van der Waals surface area contributed by atoms with Gasteiger partial charge >= 0.3 is 5.97 Å². The van der Waals surface area contributed by atoms with Crippen molar-refractivity contribution >= 4 is 23.4 Å². The lowest BCUT2D eigenvalue weighted by atomic mass is 9.98. The minimum atomic E-state index is -0.637. The first-order valence-corrected chi connectivity index (χ1v) is 12.7. The summed E-state index contributed by atoms with van der Waals surface area (Å²) < 4.78 is 21.5. The summed E-state index contributed by atoms with van der Waals surface area (Å²) >= 11 is 0. The number of benzene rings is 3. The molecule has 0 aromatic heterocycles. The van der Waals surface area contributed by atoms with E-state index >= 15 is 0 Å². The van der Waals surface area contributed by atoms with Crippen molar-refractivity contribution in [2.75, 3.05) is 26.9 Å². The fourth-order valence-corrected chi connectivity index (χ4v) is 4.49. The van der Waals surface area contributed by atoms with Gasteiger partial charge in [0.1, 0.15) is 19.0 Å². The van der Waals surface area contributed by atoms with Gasteiger partial charge in [0, 0.05) is 18.4 Å². The van der Waals surface area contributed by atoms with Crippen molar-refractivity contribution in [3.63, 3.8) is 0 Å². The molecule has 5 rings (SSSR count). The molecule has 1 unspecified atom stereocenters. The molecule has 2 aliphatic rings. The monoisotopic (exact) mass is 528 g/mol. The van der Waals surface area contributed by atoms with E-state index in [1.165, 1.54) is 5.01 Å². The van der Waals surface area contributed by atoms with Crippen LogP contribution in [0.1, 0.15) is 46.8 Å². The van der Waals surface area contributed by atoms with Crippen molar-refractivity contribution < 1.29 is 33.3 Å². The standard InChI is InChI=1S/C30H28N2O7/c1-36-23-10-7-21(8-11-23)25-18-24(20-5-3-2-4-6-20)31-32(25)29(34)19-39-30(35)14-12-26(33)22-9-13-27-28(17-22)38-16-15-37-27/h2-11,13,17,25H,12,14-16,18-19H2,1H3. The predicted molar refractivity (Wildman–Crippen MR) is 142 cm³/mol. The molecule has 1 atom stereocenters. The number of methoxy groups -OCH3 is 1. The first kappa shape index (κ1) is 26.0. The maximum absolute atomic E-state index is 13.2. The molecule has 3 aromatic carbocycles. The number of hydrogen-bond donors (Lipinski definition) is 0. The summed E-state index contributed by atoms with van der Waals surface area (Å²) in [5.41, 5.74) is 2.99. The molecule has 2 aliphatic heterocycles. The first-order valence-electron chi connectivity index (χ1n) is 12.7. The number of hydrazone groups is 1. The highest BCUT2D eigenvalue weighted by molar-refractivity contribution is 6.03. The van der Waals surface area contributed by atoms with Crippen LogP contribution in [0.25, 0.3) is 0 Å². The minimum absolute atomic E-state index is 0.0544. The summed E-state index contributed by atoms with van der Waals surface area (Å²) in [6.45, 7) is 0.398. The quantitative estimate of drug-likeness (QED) is 0.300. The van der Waals surface area contributed by atoms with Gasteiger partial charge in [-0.3, -0.25) is 14.4 Å². The normalized spacial score (nSPS) is 15.9. The third-order valence-corrected chi connectivity index (χ3v) is 6.55. The van der Waals surface area contributed by atoms with E-state index in [0.29, 0.717) is 42.4 Å². The largest absolute Gasteiger partial charge is 0.497 e. The topological polar surface area (TPSA) is 104 Å². The number of nitrogens with zero attached hydrogens (tertiary/aromatic N) is 2. The van der Waals surface area contributed by atoms with E-state index in [1.54, 1.807) is 25.3 Å². The Balaban J connectivity index is 1.20. The van der Waals surface area contributed by atoms with E-state index in [-0.39, 0.29) is 24.7 Å². The van der Waals surface area contributed by atoms with Gasteiger partial charge in [0.05, 0.1) is 25.3 Å². The smallest absolute Gasteiger partial charge is 0.306 e. The van der Waals surface area contributed by atoms with Crippen LogP contribution in [-0.4, -0.2) is 55.3 Å². The van der Waals surface area contributed by atoms with Gasteiger partial charge in [0.2, 0.25) is 0 Å². The molecule has 3 aromatic rings. The lowest BCUT2D eigenvalue weighted by molar-refractivity contribution is -0.152. The Kier molecular flexibility index (Phi) is 7.86. The Labute approximate surface area is 225 Å². The zero-order chi connectivity index (χ0) is 27.2. The summed E-state index contributed by atoms with van der Waals surface area (Å²) in [5, 5.41) is 5.96. The predicted octanol–water partition coefficient (Wildman–Crippen LogP) is 4.35. The third kappa shape index (κ3) is 6.09. The molecule has 0 aliphatic carbocycles. The van der Waals surface area contributed by atoms with E-state index in [4.69, 9.17) is 18.9 Å². The summed E-state index contributed by atoms with van der Waals surface area (Å²) in [7, 11) is 1.59. The summed E-state index contributed by atoms with van der Waals surface area (Å²) in [6.07, 6.45) is 0.308. The Morgan fingerprint density at radius 3 is 2.41 bits per heavy atom. The molecule has 2 heterocycles. The Morgan fingerprint density at radius 2 is 1.67 bits per heavy atom. The second-order valence-corrected chi connectivity index (χ2v) is 9.09. The molecule has 0 saturated carbocycles. The number of ketones is 1. The van der Waals surface area contributed by atoms with Crippen LogP contribution in [0.3, 0.4) is 0 Å². The number of rotatable bonds is 9. The van der Waals surface area contributed by atoms with Crippen LogP contribution >= 0.6 is 0 Å². The number of hydrogen-bond acceptors (Lipinski definition) is 8. The lowest BCUT2D eigenvalue weighted by Crippen LogP contribution is -2.31. The molecule has 0 bridgehead atoms. The third-order valence-electron chi connectivity index (χ3n) is 6.55. The number of esters is 1. The van der Waals surface area contributed by atoms with Crippen molar-refractivity contribution in [3.8, 4) is 17.2 Å². The number of carbonyl (C=O) groups is 3. The molecule has 0 N–H and O–H groups in total.